The molecule has 0 N–H and O–H groups in total. The summed E-state index contributed by atoms with van der Waals surface area (Å²) in [6, 6.07) is 15.6. The van der Waals surface area contributed by atoms with E-state index >= 15 is 0 Å². The van der Waals surface area contributed by atoms with Crippen molar-refractivity contribution >= 4 is 17.6 Å². The molecule has 1 saturated heterocycles. The van der Waals surface area contributed by atoms with Gasteiger partial charge in [0, 0.05) is 13.1 Å². The highest BCUT2D eigenvalue weighted by molar-refractivity contribution is 5.88. The smallest absolute Gasteiger partial charge is 0.232 e. The number of nitrogens with zero attached hydrogens (tertiary/aromatic N) is 5. The molecule has 0 unspecified atom stereocenters. The Hall–Kier alpha value is -4.03. The van der Waals surface area contributed by atoms with Crippen LogP contribution in [0.3, 0.4) is 0 Å². The third-order valence-corrected chi connectivity index (χ3v) is 5.31. The van der Waals surface area contributed by atoms with Crippen molar-refractivity contribution in [3.63, 3.8) is 0 Å². The summed E-state index contributed by atoms with van der Waals surface area (Å²) >= 11 is 0. The lowest BCUT2D eigenvalue weighted by atomic mass is 10.1. The highest BCUT2D eigenvalue weighted by atomic mass is 16.5. The van der Waals surface area contributed by atoms with E-state index < -0.39 is 0 Å². The van der Waals surface area contributed by atoms with E-state index in [2.05, 4.69) is 21.2 Å². The van der Waals surface area contributed by atoms with Gasteiger partial charge < -0.3 is 23.8 Å². The number of morpholine rings is 1. The second-order valence-electron chi connectivity index (χ2n) is 7.22. The zero-order chi connectivity index (χ0) is 23.2. The molecule has 0 spiro atoms. The van der Waals surface area contributed by atoms with Crippen LogP contribution in [0.2, 0.25) is 0 Å². The van der Waals surface area contributed by atoms with Crippen LogP contribution in [0.25, 0.3) is 17.3 Å². The highest BCUT2D eigenvalue weighted by Crippen LogP contribution is 2.39. The average molecular weight is 447 g/mol. The van der Waals surface area contributed by atoms with Gasteiger partial charge in [0.2, 0.25) is 11.7 Å². The van der Waals surface area contributed by atoms with Gasteiger partial charge >= 0.3 is 0 Å². The molecule has 0 amide bonds. The summed E-state index contributed by atoms with van der Waals surface area (Å²) in [6.07, 6.45) is 1.73. The van der Waals surface area contributed by atoms with Crippen molar-refractivity contribution in [3.8, 4) is 29.0 Å². The molecule has 9 heteroatoms. The first-order valence-corrected chi connectivity index (χ1v) is 10.5. The minimum absolute atomic E-state index is 0.347. The number of ether oxygens (including phenoxy) is 4. The van der Waals surface area contributed by atoms with Gasteiger partial charge in [-0.1, -0.05) is 18.2 Å². The van der Waals surface area contributed by atoms with Gasteiger partial charge in [0.25, 0.3) is 0 Å². The Labute approximate surface area is 192 Å². The standard InChI is InChI=1S/C24H25N5O4/c1-30-20-14-17(15-21(31-2)22(20)32-3)13-18(16-25)23-26-27-24(28-9-11-33-12-10-28)29(23)19-7-5-4-6-8-19/h4-8,13-15H,9-12H2,1-3H3. The van der Waals surface area contributed by atoms with E-state index in [1.807, 2.05) is 34.9 Å². The van der Waals surface area contributed by atoms with Gasteiger partial charge in [0.1, 0.15) is 6.07 Å². The van der Waals surface area contributed by atoms with E-state index in [9.17, 15) is 5.26 Å². The number of aromatic nitrogens is 3. The molecule has 2 aromatic carbocycles. The first-order valence-electron chi connectivity index (χ1n) is 10.5. The summed E-state index contributed by atoms with van der Waals surface area (Å²) in [4.78, 5) is 2.11. The number of methoxy groups -OCH3 is 3. The van der Waals surface area contributed by atoms with Gasteiger partial charge in [-0.2, -0.15) is 5.26 Å². The number of hydrogen-bond donors (Lipinski definition) is 0. The molecule has 9 nitrogen and oxygen atoms in total. The number of nitriles is 1. The Morgan fingerprint density at radius 1 is 1.00 bits per heavy atom. The molecular formula is C24H25N5O4. The van der Waals surface area contributed by atoms with Crippen LogP contribution in [0.1, 0.15) is 11.4 Å². The summed E-state index contributed by atoms with van der Waals surface area (Å²) in [5.41, 5.74) is 1.92. The van der Waals surface area contributed by atoms with Crippen LogP contribution in [0.15, 0.2) is 42.5 Å². The lowest BCUT2D eigenvalue weighted by Crippen LogP contribution is -2.38. The summed E-state index contributed by atoms with van der Waals surface area (Å²) in [5, 5.41) is 18.9. The van der Waals surface area contributed by atoms with Gasteiger partial charge in [-0.15, -0.1) is 10.2 Å². The fourth-order valence-electron chi connectivity index (χ4n) is 3.73. The molecule has 0 aliphatic carbocycles. The summed E-state index contributed by atoms with van der Waals surface area (Å²) in [6.45, 7) is 2.62. The predicted molar refractivity (Wildman–Crippen MR) is 124 cm³/mol. The molecule has 1 aliphatic heterocycles. The van der Waals surface area contributed by atoms with E-state index in [4.69, 9.17) is 18.9 Å². The van der Waals surface area contributed by atoms with E-state index in [-0.39, 0.29) is 0 Å². The lowest BCUT2D eigenvalue weighted by molar-refractivity contribution is 0.122. The SMILES string of the molecule is COc1cc(C=C(C#N)c2nnc(N3CCOCC3)n2-c2ccccc2)cc(OC)c1OC. The average Bonchev–Trinajstić information content (AvgIpc) is 3.32. The van der Waals surface area contributed by atoms with Crippen molar-refractivity contribution in [2.45, 2.75) is 0 Å². The lowest BCUT2D eigenvalue weighted by Gasteiger charge is -2.28. The summed E-state index contributed by atoms with van der Waals surface area (Å²) in [7, 11) is 4.65. The Morgan fingerprint density at radius 2 is 1.67 bits per heavy atom. The van der Waals surface area contributed by atoms with Gasteiger partial charge in [-0.05, 0) is 35.9 Å². The third kappa shape index (κ3) is 4.47. The molecule has 0 bridgehead atoms. The minimum atomic E-state index is 0.347. The van der Waals surface area contributed by atoms with Crippen molar-refractivity contribution in [2.24, 2.45) is 0 Å². The first kappa shape index (κ1) is 22.2. The third-order valence-electron chi connectivity index (χ3n) is 5.31. The maximum atomic E-state index is 10.1. The minimum Gasteiger partial charge on any atom is -0.493 e. The van der Waals surface area contributed by atoms with E-state index in [0.29, 0.717) is 66.5 Å². The van der Waals surface area contributed by atoms with Crippen LogP contribution in [-0.4, -0.2) is 62.4 Å². The van der Waals surface area contributed by atoms with Gasteiger partial charge in [-0.25, -0.2) is 0 Å². The number of rotatable bonds is 7. The Kier molecular flexibility index (Phi) is 6.76. The molecule has 33 heavy (non-hydrogen) atoms. The van der Waals surface area contributed by atoms with Crippen LogP contribution in [0, 0.1) is 11.3 Å². The number of allylic oxidation sites excluding steroid dienone is 1. The molecule has 1 fully saturated rings. The monoisotopic (exact) mass is 447 g/mol. The molecule has 0 atom stereocenters. The molecule has 0 radical (unpaired) electrons. The van der Waals surface area contributed by atoms with Crippen molar-refractivity contribution in [2.75, 3.05) is 52.5 Å². The van der Waals surface area contributed by atoms with Gasteiger partial charge in [0.15, 0.2) is 17.3 Å². The molecule has 4 rings (SSSR count). The molecule has 1 aromatic heterocycles. The van der Waals surface area contributed by atoms with Crippen molar-refractivity contribution in [3.05, 3.63) is 53.9 Å². The quantitative estimate of drug-likeness (QED) is 0.510. The van der Waals surface area contributed by atoms with E-state index in [1.165, 1.54) is 0 Å². The van der Waals surface area contributed by atoms with E-state index in [0.717, 1.165) is 5.69 Å². The van der Waals surface area contributed by atoms with Crippen molar-refractivity contribution in [1.82, 2.24) is 14.8 Å². The van der Waals surface area contributed by atoms with Crippen molar-refractivity contribution in [1.29, 1.82) is 5.26 Å². The van der Waals surface area contributed by atoms with Crippen LogP contribution in [0.4, 0.5) is 5.95 Å². The Morgan fingerprint density at radius 3 is 2.24 bits per heavy atom. The fraction of sp³-hybridized carbons (Fsp3) is 0.292. The van der Waals surface area contributed by atoms with Gasteiger partial charge in [0.05, 0.1) is 45.8 Å². The number of benzene rings is 2. The molecular weight excluding hydrogens is 422 g/mol. The molecule has 3 aromatic rings. The normalized spacial score (nSPS) is 14.0. The van der Waals surface area contributed by atoms with Crippen LogP contribution in [-0.2, 0) is 4.74 Å². The summed E-state index contributed by atoms with van der Waals surface area (Å²) < 4.78 is 23.7. The first-order chi connectivity index (χ1) is 16.2. The Balaban J connectivity index is 1.85. The number of hydrogen-bond acceptors (Lipinski definition) is 8. The second-order valence-corrected chi connectivity index (χ2v) is 7.22. The number of anilines is 1. The second kappa shape index (κ2) is 10.1. The highest BCUT2D eigenvalue weighted by Gasteiger charge is 2.23. The van der Waals surface area contributed by atoms with Crippen LogP contribution < -0.4 is 19.1 Å². The summed E-state index contributed by atoms with van der Waals surface area (Å²) in [5.74, 6) is 2.60. The fourth-order valence-corrected chi connectivity index (χ4v) is 3.73. The van der Waals surface area contributed by atoms with Crippen molar-refractivity contribution < 1.29 is 18.9 Å². The van der Waals surface area contributed by atoms with Gasteiger partial charge in [-0.3, -0.25) is 4.57 Å². The largest absolute Gasteiger partial charge is 0.493 e. The number of para-hydroxylation sites is 1. The molecule has 1 aliphatic rings. The predicted octanol–water partition coefficient (Wildman–Crippen LogP) is 3.19. The zero-order valence-corrected chi connectivity index (χ0v) is 18.8. The Bertz CT molecular complexity index is 1150. The topological polar surface area (TPSA) is 94.7 Å². The molecule has 2 heterocycles. The van der Waals surface area contributed by atoms with E-state index in [1.54, 1.807) is 39.5 Å². The molecule has 170 valence electrons. The maximum Gasteiger partial charge on any atom is 0.232 e. The zero-order valence-electron chi connectivity index (χ0n) is 18.8. The molecule has 0 saturated carbocycles. The van der Waals surface area contributed by atoms with Crippen LogP contribution >= 0.6 is 0 Å². The van der Waals surface area contributed by atoms with Crippen LogP contribution in [0.5, 0.6) is 17.2 Å². The maximum absolute atomic E-state index is 10.1.